The molecule has 2 aromatic carbocycles. The highest BCUT2D eigenvalue weighted by Crippen LogP contribution is 2.39. The molecule has 0 saturated heterocycles. The Morgan fingerprint density at radius 2 is 1.72 bits per heavy atom. The number of nitrogens with one attached hydrogen (secondary N) is 2. The van der Waals surface area contributed by atoms with Gasteiger partial charge in [0.15, 0.2) is 0 Å². The number of para-hydroxylation sites is 1. The molecule has 0 spiro atoms. The van der Waals surface area contributed by atoms with Crippen LogP contribution in [0, 0.1) is 0 Å². The first kappa shape index (κ1) is 23.3. The molecule has 2 N–H and O–H groups in total. The molecule has 0 bridgehead atoms. The number of anilines is 3. The molecule has 170 valence electrons. The Labute approximate surface area is 189 Å². The highest BCUT2D eigenvalue weighted by atomic mass is 16.5. The van der Waals surface area contributed by atoms with Crippen LogP contribution in [-0.4, -0.2) is 30.9 Å². The maximum absolute atomic E-state index is 12.5. The summed E-state index contributed by atoms with van der Waals surface area (Å²) >= 11 is 0. The number of methoxy groups -OCH3 is 1. The van der Waals surface area contributed by atoms with Gasteiger partial charge >= 0.3 is 5.97 Å². The SMILES string of the molecule is CCC(=O)N1c2ccccc2[C@H](Nc2ccc(NC(=O)CCCC(=O)OC)cc2)C[C@@H]1C. The van der Waals surface area contributed by atoms with Crippen LogP contribution in [0.4, 0.5) is 17.1 Å². The van der Waals surface area contributed by atoms with Crippen LogP contribution in [-0.2, 0) is 19.1 Å². The molecule has 1 heterocycles. The third-order valence-electron chi connectivity index (χ3n) is 5.68. The number of amides is 2. The summed E-state index contributed by atoms with van der Waals surface area (Å²) in [6.45, 7) is 3.97. The van der Waals surface area contributed by atoms with E-state index in [4.69, 9.17) is 0 Å². The second kappa shape index (κ2) is 10.8. The summed E-state index contributed by atoms with van der Waals surface area (Å²) < 4.78 is 4.58. The van der Waals surface area contributed by atoms with E-state index in [1.54, 1.807) is 0 Å². The molecule has 0 radical (unpaired) electrons. The second-order valence-corrected chi connectivity index (χ2v) is 8.01. The van der Waals surface area contributed by atoms with Gasteiger partial charge in [-0.25, -0.2) is 0 Å². The number of hydrogen-bond donors (Lipinski definition) is 2. The molecule has 0 saturated carbocycles. The quantitative estimate of drug-likeness (QED) is 0.587. The smallest absolute Gasteiger partial charge is 0.305 e. The summed E-state index contributed by atoms with van der Waals surface area (Å²) in [4.78, 5) is 37.6. The fourth-order valence-electron chi connectivity index (χ4n) is 4.07. The van der Waals surface area contributed by atoms with Crippen LogP contribution in [0.15, 0.2) is 48.5 Å². The van der Waals surface area contributed by atoms with E-state index in [1.165, 1.54) is 7.11 Å². The zero-order chi connectivity index (χ0) is 23.1. The van der Waals surface area contributed by atoms with E-state index in [0.29, 0.717) is 18.5 Å². The lowest BCUT2D eigenvalue weighted by Gasteiger charge is -2.40. The van der Waals surface area contributed by atoms with E-state index in [2.05, 4.69) is 28.4 Å². The maximum atomic E-state index is 12.5. The molecule has 0 fully saturated rings. The van der Waals surface area contributed by atoms with Crippen molar-refractivity contribution in [1.82, 2.24) is 0 Å². The number of ether oxygens (including phenoxy) is 1. The summed E-state index contributed by atoms with van der Waals surface area (Å²) in [5.74, 6) is -0.311. The summed E-state index contributed by atoms with van der Waals surface area (Å²) in [5.41, 5.74) is 3.72. The highest BCUT2D eigenvalue weighted by molar-refractivity contribution is 5.95. The molecular formula is C25H31N3O4. The van der Waals surface area contributed by atoms with Crippen LogP contribution in [0.1, 0.15) is 57.6 Å². The van der Waals surface area contributed by atoms with Crippen LogP contribution in [0.2, 0.25) is 0 Å². The topological polar surface area (TPSA) is 87.7 Å². The van der Waals surface area contributed by atoms with E-state index in [0.717, 1.165) is 23.4 Å². The Kier molecular flexibility index (Phi) is 7.87. The van der Waals surface area contributed by atoms with Gasteiger partial charge in [0, 0.05) is 42.4 Å². The predicted octanol–water partition coefficient (Wildman–Crippen LogP) is 4.66. The summed E-state index contributed by atoms with van der Waals surface area (Å²) in [5, 5.41) is 6.43. The van der Waals surface area contributed by atoms with Crippen LogP contribution in [0.25, 0.3) is 0 Å². The number of rotatable bonds is 8. The number of hydrogen-bond acceptors (Lipinski definition) is 5. The Balaban J connectivity index is 1.63. The molecular weight excluding hydrogens is 406 g/mol. The molecule has 1 aliphatic rings. The van der Waals surface area contributed by atoms with Gasteiger partial charge in [-0.05, 0) is 55.7 Å². The lowest BCUT2D eigenvalue weighted by molar-refractivity contribution is -0.140. The summed E-state index contributed by atoms with van der Waals surface area (Å²) in [7, 11) is 1.34. The van der Waals surface area contributed by atoms with Crippen molar-refractivity contribution >= 4 is 34.8 Å². The minimum absolute atomic E-state index is 0.0841. The van der Waals surface area contributed by atoms with E-state index in [-0.39, 0.29) is 42.7 Å². The van der Waals surface area contributed by atoms with Gasteiger partial charge in [0.25, 0.3) is 0 Å². The number of carbonyl (C=O) groups excluding carboxylic acids is 3. The van der Waals surface area contributed by atoms with Gasteiger partial charge in [-0.15, -0.1) is 0 Å². The average Bonchev–Trinajstić information content (AvgIpc) is 2.80. The number of esters is 1. The monoisotopic (exact) mass is 437 g/mol. The van der Waals surface area contributed by atoms with Crippen molar-refractivity contribution in [3.63, 3.8) is 0 Å². The molecule has 3 rings (SSSR count). The van der Waals surface area contributed by atoms with Gasteiger partial charge in [0.1, 0.15) is 0 Å². The van der Waals surface area contributed by atoms with E-state index in [9.17, 15) is 14.4 Å². The lowest BCUT2D eigenvalue weighted by Crippen LogP contribution is -2.44. The maximum Gasteiger partial charge on any atom is 0.305 e. The van der Waals surface area contributed by atoms with Crippen molar-refractivity contribution in [2.45, 2.75) is 58.0 Å². The van der Waals surface area contributed by atoms with Crippen LogP contribution in [0.5, 0.6) is 0 Å². The van der Waals surface area contributed by atoms with Gasteiger partial charge in [-0.3, -0.25) is 14.4 Å². The normalized spacial score (nSPS) is 17.3. The Bertz CT molecular complexity index is 958. The Morgan fingerprint density at radius 1 is 1.03 bits per heavy atom. The summed E-state index contributed by atoms with van der Waals surface area (Å²) in [6.07, 6.45) is 2.23. The fourth-order valence-corrected chi connectivity index (χ4v) is 4.07. The summed E-state index contributed by atoms with van der Waals surface area (Å²) in [6, 6.07) is 15.8. The zero-order valence-electron chi connectivity index (χ0n) is 18.9. The molecule has 0 aliphatic carbocycles. The van der Waals surface area contributed by atoms with Gasteiger partial charge in [-0.2, -0.15) is 0 Å². The highest BCUT2D eigenvalue weighted by Gasteiger charge is 2.32. The molecule has 0 aromatic heterocycles. The molecule has 2 amide bonds. The van der Waals surface area contributed by atoms with E-state index >= 15 is 0 Å². The lowest BCUT2D eigenvalue weighted by atomic mass is 9.91. The molecule has 2 aromatic rings. The first-order chi connectivity index (χ1) is 15.4. The van der Waals surface area contributed by atoms with Gasteiger partial charge in [0.05, 0.1) is 13.2 Å². The predicted molar refractivity (Wildman–Crippen MR) is 126 cm³/mol. The first-order valence-electron chi connectivity index (χ1n) is 11.1. The second-order valence-electron chi connectivity index (χ2n) is 8.01. The first-order valence-corrected chi connectivity index (χ1v) is 11.1. The van der Waals surface area contributed by atoms with Crippen molar-refractivity contribution < 1.29 is 19.1 Å². The van der Waals surface area contributed by atoms with Crippen LogP contribution < -0.4 is 15.5 Å². The number of nitrogens with zero attached hydrogens (tertiary/aromatic N) is 1. The fraction of sp³-hybridized carbons (Fsp3) is 0.400. The van der Waals surface area contributed by atoms with Gasteiger partial charge < -0.3 is 20.3 Å². The average molecular weight is 438 g/mol. The Hall–Kier alpha value is -3.35. The van der Waals surface area contributed by atoms with Gasteiger partial charge in [0.2, 0.25) is 11.8 Å². The van der Waals surface area contributed by atoms with Crippen molar-refractivity contribution in [2.75, 3.05) is 22.6 Å². The third-order valence-corrected chi connectivity index (χ3v) is 5.68. The van der Waals surface area contributed by atoms with Crippen molar-refractivity contribution in [1.29, 1.82) is 0 Å². The standard InChI is InChI=1S/C25H31N3O4/c1-4-24(30)28-17(2)16-21(20-8-5-6-9-22(20)28)26-18-12-14-19(15-13-18)27-23(29)10-7-11-25(31)32-3/h5-6,8-9,12-15,17,21,26H,4,7,10-11,16H2,1-3H3,(H,27,29)/t17-,21+/m0/s1. The number of benzene rings is 2. The third kappa shape index (κ3) is 5.66. The number of carbonyl (C=O) groups is 3. The van der Waals surface area contributed by atoms with Gasteiger partial charge in [-0.1, -0.05) is 25.1 Å². The minimum Gasteiger partial charge on any atom is -0.469 e. The molecule has 1 aliphatic heterocycles. The van der Waals surface area contributed by atoms with E-state index in [1.807, 2.05) is 54.3 Å². The molecule has 7 heteroatoms. The largest absolute Gasteiger partial charge is 0.469 e. The van der Waals surface area contributed by atoms with Crippen molar-refractivity contribution in [3.8, 4) is 0 Å². The molecule has 2 atom stereocenters. The van der Waals surface area contributed by atoms with E-state index < -0.39 is 0 Å². The minimum atomic E-state index is -0.311. The number of fused-ring (bicyclic) bond motifs is 1. The van der Waals surface area contributed by atoms with Crippen molar-refractivity contribution in [3.05, 3.63) is 54.1 Å². The molecule has 7 nitrogen and oxygen atoms in total. The molecule has 0 unspecified atom stereocenters. The Morgan fingerprint density at radius 3 is 2.41 bits per heavy atom. The molecule has 32 heavy (non-hydrogen) atoms. The van der Waals surface area contributed by atoms with Crippen molar-refractivity contribution in [2.24, 2.45) is 0 Å². The van der Waals surface area contributed by atoms with Crippen LogP contribution in [0.3, 0.4) is 0 Å². The zero-order valence-corrected chi connectivity index (χ0v) is 18.9. The van der Waals surface area contributed by atoms with Crippen LogP contribution >= 0.6 is 0 Å².